The van der Waals surface area contributed by atoms with Gasteiger partial charge < -0.3 is 10.2 Å². The van der Waals surface area contributed by atoms with Gasteiger partial charge in [-0.2, -0.15) is 0 Å². The van der Waals surface area contributed by atoms with E-state index in [-0.39, 0.29) is 8.41 Å². The summed E-state index contributed by atoms with van der Waals surface area (Å²) in [6.45, 7) is 0. The molecular formula is C14H15BO4. The lowest BCUT2D eigenvalue weighted by Crippen LogP contribution is -1.93. The molecule has 0 aliphatic rings. The summed E-state index contributed by atoms with van der Waals surface area (Å²) in [4.78, 5) is 20.4. The van der Waals surface area contributed by atoms with Gasteiger partial charge in [0, 0.05) is 0 Å². The highest BCUT2D eigenvalue weighted by molar-refractivity contribution is 5.87. The van der Waals surface area contributed by atoms with Crippen LogP contribution in [0.15, 0.2) is 60.7 Å². The molecule has 0 fully saturated rings. The lowest BCUT2D eigenvalue weighted by Gasteiger charge is -1.88. The molecule has 5 heteroatoms. The molecule has 0 spiro atoms. The zero-order chi connectivity index (χ0) is 13.4. The third-order valence-corrected chi connectivity index (χ3v) is 2.04. The van der Waals surface area contributed by atoms with Crippen molar-refractivity contribution >= 4 is 20.4 Å². The van der Waals surface area contributed by atoms with E-state index >= 15 is 0 Å². The normalized spacial score (nSPS) is 8.42. The molecule has 2 N–H and O–H groups in total. The van der Waals surface area contributed by atoms with Gasteiger partial charge in [0.15, 0.2) is 0 Å². The van der Waals surface area contributed by atoms with Crippen LogP contribution in [0.5, 0.6) is 0 Å². The van der Waals surface area contributed by atoms with Crippen LogP contribution in [0.3, 0.4) is 0 Å². The van der Waals surface area contributed by atoms with Crippen LogP contribution in [0.4, 0.5) is 0 Å². The van der Waals surface area contributed by atoms with Crippen molar-refractivity contribution in [1.29, 1.82) is 0 Å². The van der Waals surface area contributed by atoms with Gasteiger partial charge >= 0.3 is 11.9 Å². The fourth-order valence-corrected chi connectivity index (χ4v) is 1.16. The largest absolute Gasteiger partial charge is 0.478 e. The topological polar surface area (TPSA) is 74.6 Å². The van der Waals surface area contributed by atoms with Crippen LogP contribution in [-0.2, 0) is 0 Å². The Labute approximate surface area is 112 Å². The van der Waals surface area contributed by atoms with Crippen molar-refractivity contribution in [3.05, 3.63) is 71.8 Å². The van der Waals surface area contributed by atoms with E-state index in [1.54, 1.807) is 60.7 Å². The SMILES string of the molecule is B.O=C(O)c1ccccc1.O=C(O)c1ccccc1. The summed E-state index contributed by atoms with van der Waals surface area (Å²) >= 11 is 0. The number of hydrogen-bond acceptors (Lipinski definition) is 2. The van der Waals surface area contributed by atoms with Crippen molar-refractivity contribution in [2.24, 2.45) is 0 Å². The lowest BCUT2D eigenvalue weighted by molar-refractivity contribution is 0.0686. The van der Waals surface area contributed by atoms with Gasteiger partial charge in [0.1, 0.15) is 0 Å². The van der Waals surface area contributed by atoms with Crippen molar-refractivity contribution in [2.75, 3.05) is 0 Å². The Bertz CT molecular complexity index is 462. The molecule has 0 unspecified atom stereocenters. The van der Waals surface area contributed by atoms with Crippen LogP contribution in [0.25, 0.3) is 0 Å². The Morgan fingerprint density at radius 1 is 0.632 bits per heavy atom. The average molecular weight is 258 g/mol. The molecule has 4 nitrogen and oxygen atoms in total. The third kappa shape index (κ3) is 6.07. The monoisotopic (exact) mass is 258 g/mol. The number of carboxylic acid groups (broad SMARTS) is 2. The molecule has 0 atom stereocenters. The zero-order valence-electron chi connectivity index (χ0n) is 9.48. The summed E-state index contributed by atoms with van der Waals surface area (Å²) in [6, 6.07) is 16.6. The minimum Gasteiger partial charge on any atom is -0.478 e. The molecule has 0 aromatic heterocycles. The maximum atomic E-state index is 10.2. The molecule has 2 rings (SSSR count). The second kappa shape index (κ2) is 8.52. The quantitative estimate of drug-likeness (QED) is 0.802. The van der Waals surface area contributed by atoms with Crippen molar-refractivity contribution < 1.29 is 19.8 Å². The average Bonchev–Trinajstić information content (AvgIpc) is 2.41. The molecule has 0 aliphatic carbocycles. The van der Waals surface area contributed by atoms with E-state index in [4.69, 9.17) is 10.2 Å². The van der Waals surface area contributed by atoms with Crippen LogP contribution in [-0.4, -0.2) is 30.6 Å². The number of rotatable bonds is 2. The minimum absolute atomic E-state index is 0. The summed E-state index contributed by atoms with van der Waals surface area (Å²) in [5.74, 6) is -1.76. The smallest absolute Gasteiger partial charge is 0.335 e. The molecule has 0 saturated heterocycles. The predicted octanol–water partition coefficient (Wildman–Crippen LogP) is 1.59. The fourth-order valence-electron chi connectivity index (χ4n) is 1.16. The first kappa shape index (κ1) is 16.4. The van der Waals surface area contributed by atoms with E-state index in [0.717, 1.165) is 0 Å². The van der Waals surface area contributed by atoms with E-state index < -0.39 is 11.9 Å². The first-order valence-electron chi connectivity index (χ1n) is 5.18. The Kier molecular flexibility index (Phi) is 7.38. The molecule has 2 aromatic rings. The van der Waals surface area contributed by atoms with Crippen LogP contribution >= 0.6 is 0 Å². The molecular weight excluding hydrogens is 243 g/mol. The number of hydrogen-bond donors (Lipinski definition) is 2. The lowest BCUT2D eigenvalue weighted by atomic mass is 10.2. The Balaban J connectivity index is 0.000000324. The van der Waals surface area contributed by atoms with Gasteiger partial charge in [-0.05, 0) is 24.3 Å². The van der Waals surface area contributed by atoms with Gasteiger partial charge in [-0.15, -0.1) is 0 Å². The predicted molar refractivity (Wildman–Crippen MR) is 76.7 cm³/mol. The molecule has 0 heterocycles. The molecule has 2 aromatic carbocycles. The van der Waals surface area contributed by atoms with Gasteiger partial charge in [-0.3, -0.25) is 0 Å². The van der Waals surface area contributed by atoms with Crippen LogP contribution in [0, 0.1) is 0 Å². The third-order valence-electron chi connectivity index (χ3n) is 2.04. The van der Waals surface area contributed by atoms with Crippen molar-refractivity contribution in [1.82, 2.24) is 0 Å². The Morgan fingerprint density at radius 3 is 1.05 bits per heavy atom. The Morgan fingerprint density at radius 2 is 0.895 bits per heavy atom. The molecule has 19 heavy (non-hydrogen) atoms. The van der Waals surface area contributed by atoms with Crippen LogP contribution in [0.2, 0.25) is 0 Å². The molecule has 0 saturated carbocycles. The fraction of sp³-hybridized carbons (Fsp3) is 0. The maximum Gasteiger partial charge on any atom is 0.335 e. The molecule has 0 bridgehead atoms. The number of benzene rings is 2. The minimum atomic E-state index is -0.879. The van der Waals surface area contributed by atoms with E-state index in [0.29, 0.717) is 11.1 Å². The summed E-state index contributed by atoms with van der Waals surface area (Å²) < 4.78 is 0. The van der Waals surface area contributed by atoms with Gasteiger partial charge in [0.2, 0.25) is 0 Å². The first-order chi connectivity index (χ1) is 8.61. The van der Waals surface area contributed by atoms with Gasteiger partial charge in [0.05, 0.1) is 19.5 Å². The van der Waals surface area contributed by atoms with Crippen molar-refractivity contribution in [2.45, 2.75) is 0 Å². The van der Waals surface area contributed by atoms with Crippen LogP contribution in [0.1, 0.15) is 20.7 Å². The summed E-state index contributed by atoms with van der Waals surface area (Å²) in [7, 11) is 0. The Hall–Kier alpha value is -2.56. The summed E-state index contributed by atoms with van der Waals surface area (Å²) in [5, 5.41) is 16.8. The molecule has 0 radical (unpaired) electrons. The number of carbonyl (C=O) groups is 2. The molecule has 98 valence electrons. The standard InChI is InChI=1S/2C7H6O2.BH3/c2*8-7(9)6-4-2-1-3-5-6;/h2*1-5H,(H,8,9);1H3. The first-order valence-corrected chi connectivity index (χ1v) is 5.18. The van der Waals surface area contributed by atoms with E-state index in [9.17, 15) is 9.59 Å². The highest BCUT2D eigenvalue weighted by atomic mass is 16.4. The highest BCUT2D eigenvalue weighted by Gasteiger charge is 1.97. The summed E-state index contributed by atoms with van der Waals surface area (Å²) in [6.07, 6.45) is 0. The zero-order valence-corrected chi connectivity index (χ0v) is 9.48. The van der Waals surface area contributed by atoms with E-state index in [2.05, 4.69) is 0 Å². The summed E-state index contributed by atoms with van der Waals surface area (Å²) in [5.41, 5.74) is 0.662. The van der Waals surface area contributed by atoms with Gasteiger partial charge in [-0.1, -0.05) is 36.4 Å². The number of carboxylic acids is 2. The van der Waals surface area contributed by atoms with Gasteiger partial charge in [-0.25, -0.2) is 9.59 Å². The second-order valence-corrected chi connectivity index (χ2v) is 3.34. The number of aromatic carboxylic acids is 2. The van der Waals surface area contributed by atoms with Crippen molar-refractivity contribution in [3.8, 4) is 0 Å². The van der Waals surface area contributed by atoms with E-state index in [1.807, 2.05) is 0 Å². The van der Waals surface area contributed by atoms with Crippen LogP contribution < -0.4 is 0 Å². The maximum absolute atomic E-state index is 10.2. The van der Waals surface area contributed by atoms with Gasteiger partial charge in [0.25, 0.3) is 0 Å². The molecule has 0 aliphatic heterocycles. The van der Waals surface area contributed by atoms with E-state index in [1.165, 1.54) is 0 Å². The molecule has 0 amide bonds. The highest BCUT2D eigenvalue weighted by Crippen LogP contribution is 1.96. The van der Waals surface area contributed by atoms with Crippen molar-refractivity contribution in [3.63, 3.8) is 0 Å². The second-order valence-electron chi connectivity index (χ2n) is 3.34.